The van der Waals surface area contributed by atoms with Crippen LogP contribution in [0.5, 0.6) is 0 Å². The van der Waals surface area contributed by atoms with Crippen molar-refractivity contribution in [2.45, 2.75) is 11.9 Å². The molecule has 0 atom stereocenters. The molecule has 1 aromatic heterocycles. The second-order valence-corrected chi connectivity index (χ2v) is 4.29. The summed E-state index contributed by atoms with van der Waals surface area (Å²) in [6, 6.07) is 0. The smallest absolute Gasteiger partial charge is 0.364 e. The van der Waals surface area contributed by atoms with Crippen LogP contribution in [0.3, 0.4) is 0 Å². The van der Waals surface area contributed by atoms with Gasteiger partial charge in [-0.1, -0.05) is 11.8 Å². The fraction of sp³-hybridized carbons (Fsp3) is 0.444. The van der Waals surface area contributed by atoms with E-state index in [0.717, 1.165) is 4.57 Å². The number of H-pyrrole nitrogens is 1. The lowest BCUT2D eigenvalue weighted by atomic mass is 10.5. The standard InChI is InChI=1S/C9H11N3O6S/c1-3-18-5(13)4-19-8-6(12(16)17)7(14)10-9(15)11(8)2/h3-4H2,1-2H3,(H,10,14,15). The van der Waals surface area contributed by atoms with E-state index < -0.39 is 27.8 Å². The van der Waals surface area contributed by atoms with Crippen molar-refractivity contribution < 1.29 is 14.5 Å². The lowest BCUT2D eigenvalue weighted by molar-refractivity contribution is -0.390. The average Bonchev–Trinajstić information content (AvgIpc) is 2.31. The van der Waals surface area contributed by atoms with Crippen LogP contribution in [0.2, 0.25) is 0 Å². The molecule has 1 aromatic rings. The molecule has 1 N–H and O–H groups in total. The van der Waals surface area contributed by atoms with Gasteiger partial charge in [-0.2, -0.15) is 0 Å². The van der Waals surface area contributed by atoms with Gasteiger partial charge in [-0.05, 0) is 6.92 Å². The summed E-state index contributed by atoms with van der Waals surface area (Å²) in [4.78, 5) is 45.7. The molecular formula is C9H11N3O6S. The van der Waals surface area contributed by atoms with Gasteiger partial charge in [-0.15, -0.1) is 0 Å². The second-order valence-electron chi connectivity index (χ2n) is 3.32. The van der Waals surface area contributed by atoms with Crippen LogP contribution in [-0.2, 0) is 16.6 Å². The first-order valence-electron chi connectivity index (χ1n) is 5.14. The van der Waals surface area contributed by atoms with Crippen molar-refractivity contribution in [1.82, 2.24) is 9.55 Å². The summed E-state index contributed by atoms with van der Waals surface area (Å²) in [6.45, 7) is 1.80. The Morgan fingerprint density at radius 1 is 1.53 bits per heavy atom. The number of carbonyl (C=O) groups is 1. The number of hydrogen-bond acceptors (Lipinski definition) is 7. The average molecular weight is 289 g/mol. The monoisotopic (exact) mass is 289 g/mol. The highest BCUT2D eigenvalue weighted by Gasteiger charge is 2.24. The normalized spacial score (nSPS) is 10.2. The molecule has 0 fully saturated rings. The zero-order chi connectivity index (χ0) is 14.6. The van der Waals surface area contributed by atoms with Crippen molar-refractivity contribution >= 4 is 23.4 Å². The highest BCUT2D eigenvalue weighted by atomic mass is 32.2. The predicted molar refractivity (Wildman–Crippen MR) is 66.3 cm³/mol. The van der Waals surface area contributed by atoms with E-state index in [-0.39, 0.29) is 17.4 Å². The molecule has 19 heavy (non-hydrogen) atoms. The van der Waals surface area contributed by atoms with Crippen LogP contribution in [0.1, 0.15) is 6.92 Å². The van der Waals surface area contributed by atoms with E-state index >= 15 is 0 Å². The number of aromatic amines is 1. The van der Waals surface area contributed by atoms with Crippen LogP contribution < -0.4 is 11.2 Å². The van der Waals surface area contributed by atoms with Crippen LogP contribution in [0.25, 0.3) is 0 Å². The van der Waals surface area contributed by atoms with E-state index in [1.165, 1.54) is 7.05 Å². The van der Waals surface area contributed by atoms with Gasteiger partial charge >= 0.3 is 22.9 Å². The van der Waals surface area contributed by atoms with Crippen molar-refractivity contribution in [3.8, 4) is 0 Å². The van der Waals surface area contributed by atoms with Crippen molar-refractivity contribution in [2.24, 2.45) is 7.05 Å². The zero-order valence-electron chi connectivity index (χ0n) is 10.2. The number of nitro groups is 1. The summed E-state index contributed by atoms with van der Waals surface area (Å²) < 4.78 is 5.57. The van der Waals surface area contributed by atoms with E-state index in [9.17, 15) is 24.5 Å². The Hall–Kier alpha value is -2.10. The zero-order valence-corrected chi connectivity index (χ0v) is 11.0. The molecular weight excluding hydrogens is 278 g/mol. The van der Waals surface area contributed by atoms with E-state index in [1.807, 2.05) is 4.98 Å². The number of carbonyl (C=O) groups excluding carboxylic acids is 1. The van der Waals surface area contributed by atoms with E-state index in [0.29, 0.717) is 11.8 Å². The number of nitrogens with zero attached hydrogens (tertiary/aromatic N) is 2. The third kappa shape index (κ3) is 3.44. The topological polar surface area (TPSA) is 124 Å². The fourth-order valence-corrected chi connectivity index (χ4v) is 2.16. The van der Waals surface area contributed by atoms with Crippen molar-refractivity contribution in [3.63, 3.8) is 0 Å². The molecule has 0 saturated heterocycles. The van der Waals surface area contributed by atoms with Crippen molar-refractivity contribution in [1.29, 1.82) is 0 Å². The summed E-state index contributed by atoms with van der Waals surface area (Å²) in [5, 5.41) is 10.6. The number of rotatable bonds is 5. The summed E-state index contributed by atoms with van der Waals surface area (Å²) in [5.74, 6) is -0.819. The number of esters is 1. The quantitative estimate of drug-likeness (QED) is 0.258. The molecule has 0 saturated carbocycles. The minimum absolute atomic E-state index is 0.176. The highest BCUT2D eigenvalue weighted by molar-refractivity contribution is 8.00. The molecule has 9 nitrogen and oxygen atoms in total. The molecule has 0 aliphatic carbocycles. The second kappa shape index (κ2) is 6.18. The van der Waals surface area contributed by atoms with Crippen LogP contribution in [0.15, 0.2) is 14.6 Å². The molecule has 0 aliphatic heterocycles. The van der Waals surface area contributed by atoms with Gasteiger partial charge in [0.25, 0.3) is 0 Å². The minimum atomic E-state index is -1.10. The Balaban J connectivity index is 3.18. The third-order valence-electron chi connectivity index (χ3n) is 2.06. The number of thioether (sulfide) groups is 1. The fourth-order valence-electron chi connectivity index (χ4n) is 1.24. The first-order chi connectivity index (χ1) is 8.88. The Morgan fingerprint density at radius 2 is 2.16 bits per heavy atom. The Labute approximate surface area is 110 Å². The van der Waals surface area contributed by atoms with Gasteiger partial charge in [0.1, 0.15) is 0 Å². The maximum absolute atomic E-state index is 11.4. The molecule has 0 spiro atoms. The summed E-state index contributed by atoms with van der Waals surface area (Å²) in [7, 11) is 1.26. The molecule has 0 aliphatic rings. The van der Waals surface area contributed by atoms with Crippen molar-refractivity contribution in [3.05, 3.63) is 31.0 Å². The number of nitrogens with one attached hydrogen (secondary N) is 1. The van der Waals surface area contributed by atoms with Crippen LogP contribution >= 0.6 is 11.8 Å². The van der Waals surface area contributed by atoms with Gasteiger partial charge in [0, 0.05) is 7.05 Å². The number of hydrogen-bond donors (Lipinski definition) is 1. The highest BCUT2D eigenvalue weighted by Crippen LogP contribution is 2.23. The Bertz CT molecular complexity index is 619. The molecule has 1 heterocycles. The first-order valence-corrected chi connectivity index (χ1v) is 6.13. The van der Waals surface area contributed by atoms with Gasteiger partial charge in [0.2, 0.25) is 0 Å². The molecule has 0 unspecified atom stereocenters. The molecule has 104 valence electrons. The largest absolute Gasteiger partial charge is 0.465 e. The summed E-state index contributed by atoms with van der Waals surface area (Å²) >= 11 is 0.705. The van der Waals surface area contributed by atoms with Gasteiger partial charge < -0.3 is 4.74 Å². The summed E-state index contributed by atoms with van der Waals surface area (Å²) in [5.41, 5.74) is -2.65. The van der Waals surface area contributed by atoms with Crippen LogP contribution in [0, 0.1) is 10.1 Å². The van der Waals surface area contributed by atoms with Gasteiger partial charge in [-0.3, -0.25) is 29.3 Å². The molecule has 0 amide bonds. The Kier molecular flexibility index (Phi) is 4.87. The Morgan fingerprint density at radius 3 is 2.68 bits per heavy atom. The molecule has 0 radical (unpaired) electrons. The van der Waals surface area contributed by atoms with Gasteiger partial charge in [0.15, 0.2) is 5.03 Å². The van der Waals surface area contributed by atoms with E-state index in [2.05, 4.69) is 4.74 Å². The summed E-state index contributed by atoms with van der Waals surface area (Å²) in [6.07, 6.45) is 0. The van der Waals surface area contributed by atoms with E-state index in [1.54, 1.807) is 6.92 Å². The van der Waals surface area contributed by atoms with Crippen LogP contribution in [-0.4, -0.2) is 32.8 Å². The molecule has 1 rings (SSSR count). The van der Waals surface area contributed by atoms with Gasteiger partial charge in [-0.25, -0.2) is 4.79 Å². The number of ether oxygens (including phenoxy) is 1. The maximum atomic E-state index is 11.4. The molecule has 10 heteroatoms. The molecule has 0 bridgehead atoms. The van der Waals surface area contributed by atoms with E-state index in [4.69, 9.17) is 0 Å². The van der Waals surface area contributed by atoms with Crippen LogP contribution in [0.4, 0.5) is 5.69 Å². The lowest BCUT2D eigenvalue weighted by Gasteiger charge is -2.06. The third-order valence-corrected chi connectivity index (χ3v) is 3.18. The SMILES string of the molecule is CCOC(=O)CSc1c([N+](=O)[O-])c(=O)[nH]c(=O)n1C. The maximum Gasteiger partial charge on any atom is 0.364 e. The minimum Gasteiger partial charge on any atom is -0.465 e. The van der Waals surface area contributed by atoms with Gasteiger partial charge in [0.05, 0.1) is 17.3 Å². The van der Waals surface area contributed by atoms with Crippen molar-refractivity contribution in [2.75, 3.05) is 12.4 Å². The lowest BCUT2D eigenvalue weighted by Crippen LogP contribution is -2.31. The molecule has 0 aromatic carbocycles. The predicted octanol–water partition coefficient (Wildman–Crippen LogP) is -0.363. The first kappa shape index (κ1) is 15.0. The number of aromatic nitrogens is 2.